The molecule has 2 aliphatic heterocycles. The number of hydrogen-bond donors (Lipinski definition) is 2. The molecular weight excluding hydrogens is 320 g/mol. The Morgan fingerprint density at radius 3 is 2.48 bits per heavy atom. The summed E-state index contributed by atoms with van der Waals surface area (Å²) in [4.78, 5) is 16.7. The van der Waals surface area contributed by atoms with Crippen LogP contribution in [0.3, 0.4) is 0 Å². The van der Waals surface area contributed by atoms with Gasteiger partial charge in [-0.3, -0.25) is 9.69 Å². The number of morpholine rings is 1. The topological polar surface area (TPSA) is 73.2 Å². The molecule has 1 aromatic rings. The van der Waals surface area contributed by atoms with Gasteiger partial charge in [0.2, 0.25) is 0 Å². The monoisotopic (exact) mass is 348 g/mol. The van der Waals surface area contributed by atoms with Crippen molar-refractivity contribution in [2.45, 2.75) is 18.9 Å². The third-order valence-electron chi connectivity index (χ3n) is 5.49. The number of piperidine rings is 1. The first-order valence-corrected chi connectivity index (χ1v) is 9.08. The molecule has 2 heterocycles. The van der Waals surface area contributed by atoms with Gasteiger partial charge in [-0.15, -0.1) is 0 Å². The Hall–Kier alpha value is -1.47. The third kappa shape index (κ3) is 4.39. The van der Waals surface area contributed by atoms with Crippen molar-refractivity contribution in [3.63, 3.8) is 0 Å². The van der Waals surface area contributed by atoms with Gasteiger partial charge in [0.1, 0.15) is 5.41 Å². The van der Waals surface area contributed by atoms with Crippen molar-refractivity contribution in [3.05, 3.63) is 35.9 Å². The average Bonchev–Trinajstić information content (AvgIpc) is 2.64. The molecule has 0 saturated carbocycles. The fraction of sp³-hybridized carbons (Fsp3) is 0.632. The van der Waals surface area contributed by atoms with Gasteiger partial charge in [-0.25, -0.2) is 0 Å². The number of ether oxygens (including phenoxy) is 1. The van der Waals surface area contributed by atoms with Gasteiger partial charge in [0.15, 0.2) is 0 Å². The number of carboxylic acid groups (broad SMARTS) is 1. The highest BCUT2D eigenvalue weighted by atomic mass is 16.5. The second-order valence-corrected chi connectivity index (χ2v) is 7.16. The number of nitrogens with zero attached hydrogens (tertiary/aromatic N) is 2. The zero-order valence-electron chi connectivity index (χ0n) is 14.6. The first-order valence-electron chi connectivity index (χ1n) is 9.08. The Kier molecular flexibility index (Phi) is 6.06. The number of aliphatic hydroxyl groups is 1. The lowest BCUT2D eigenvalue weighted by Crippen LogP contribution is -2.58. The molecule has 0 amide bonds. The molecule has 2 aliphatic rings. The standard InChI is InChI=1S/C19H28N2O4/c22-17-6-7-21(9-8-20-10-12-25-13-11-20)15-19(17,18(23)24)14-16-4-2-1-3-5-16/h1-5,17,22H,6-15H2,(H,23,24)/t17-,19-/m0/s1. The number of carbonyl (C=O) groups is 1. The van der Waals surface area contributed by atoms with Crippen LogP contribution in [0.25, 0.3) is 0 Å². The maximum absolute atomic E-state index is 12.1. The summed E-state index contributed by atoms with van der Waals surface area (Å²) in [7, 11) is 0. The molecule has 2 N–H and O–H groups in total. The number of benzene rings is 1. The Balaban J connectivity index is 1.66. The number of rotatable bonds is 6. The summed E-state index contributed by atoms with van der Waals surface area (Å²) in [6.45, 7) is 6.29. The molecule has 0 spiro atoms. The van der Waals surface area contributed by atoms with Crippen molar-refractivity contribution in [3.8, 4) is 0 Å². The summed E-state index contributed by atoms with van der Waals surface area (Å²) in [5.74, 6) is -0.903. The highest BCUT2D eigenvalue weighted by Crippen LogP contribution is 2.34. The summed E-state index contributed by atoms with van der Waals surface area (Å²) in [6.07, 6.45) is 0.0468. The zero-order chi connectivity index (χ0) is 17.7. The molecule has 0 unspecified atom stereocenters. The largest absolute Gasteiger partial charge is 0.481 e. The summed E-state index contributed by atoms with van der Waals surface area (Å²) in [5.41, 5.74) is -0.177. The van der Waals surface area contributed by atoms with Crippen molar-refractivity contribution in [2.75, 3.05) is 52.5 Å². The van der Waals surface area contributed by atoms with Gasteiger partial charge >= 0.3 is 5.97 Å². The van der Waals surface area contributed by atoms with Crippen molar-refractivity contribution in [1.29, 1.82) is 0 Å². The van der Waals surface area contributed by atoms with E-state index in [1.807, 2.05) is 30.3 Å². The minimum Gasteiger partial charge on any atom is -0.481 e. The van der Waals surface area contributed by atoms with Crippen LogP contribution < -0.4 is 0 Å². The second-order valence-electron chi connectivity index (χ2n) is 7.16. The Morgan fingerprint density at radius 1 is 1.12 bits per heavy atom. The Bertz CT molecular complexity index is 562. The van der Waals surface area contributed by atoms with E-state index in [9.17, 15) is 15.0 Å². The molecule has 2 atom stereocenters. The van der Waals surface area contributed by atoms with Gasteiger partial charge in [0.05, 0.1) is 19.3 Å². The first kappa shape index (κ1) is 18.3. The summed E-state index contributed by atoms with van der Waals surface area (Å²) >= 11 is 0. The van der Waals surface area contributed by atoms with Crippen LogP contribution in [-0.4, -0.2) is 84.6 Å². The molecule has 138 valence electrons. The lowest BCUT2D eigenvalue weighted by atomic mass is 9.73. The van der Waals surface area contributed by atoms with Crippen molar-refractivity contribution in [2.24, 2.45) is 5.41 Å². The molecule has 0 radical (unpaired) electrons. The number of hydrogen-bond acceptors (Lipinski definition) is 5. The van der Waals surface area contributed by atoms with Crippen molar-refractivity contribution >= 4 is 5.97 Å². The first-order chi connectivity index (χ1) is 12.1. The van der Waals surface area contributed by atoms with E-state index in [4.69, 9.17) is 4.74 Å². The van der Waals surface area contributed by atoms with Gasteiger partial charge in [0, 0.05) is 39.3 Å². The molecule has 0 bridgehead atoms. The van der Waals surface area contributed by atoms with Crippen LogP contribution >= 0.6 is 0 Å². The van der Waals surface area contributed by atoms with E-state index >= 15 is 0 Å². The molecular formula is C19H28N2O4. The van der Waals surface area contributed by atoms with Crippen LogP contribution in [0.2, 0.25) is 0 Å². The number of aliphatic hydroxyl groups excluding tert-OH is 1. The quantitative estimate of drug-likeness (QED) is 0.788. The molecule has 0 aromatic heterocycles. The van der Waals surface area contributed by atoms with E-state index in [0.717, 1.165) is 51.5 Å². The molecule has 3 rings (SSSR count). The van der Waals surface area contributed by atoms with Crippen molar-refractivity contribution in [1.82, 2.24) is 9.80 Å². The molecule has 25 heavy (non-hydrogen) atoms. The molecule has 6 nitrogen and oxygen atoms in total. The number of carboxylic acids is 1. The van der Waals surface area contributed by atoms with Gasteiger partial charge in [0.25, 0.3) is 0 Å². The predicted octanol–water partition coefficient (Wildman–Crippen LogP) is 0.699. The SMILES string of the molecule is O=C(O)[C@@]1(Cc2ccccc2)CN(CCN2CCOCC2)CC[C@@H]1O. The second kappa shape index (κ2) is 8.27. The minimum atomic E-state index is -1.13. The Morgan fingerprint density at radius 2 is 1.80 bits per heavy atom. The van der Waals surface area contributed by atoms with E-state index < -0.39 is 17.5 Å². The molecule has 2 saturated heterocycles. The molecule has 2 fully saturated rings. The number of aliphatic carboxylic acids is 1. The van der Waals surface area contributed by atoms with Gasteiger partial charge in [-0.05, 0) is 18.4 Å². The van der Waals surface area contributed by atoms with E-state index in [2.05, 4.69) is 9.80 Å². The predicted molar refractivity (Wildman–Crippen MR) is 94.5 cm³/mol. The highest BCUT2D eigenvalue weighted by molar-refractivity contribution is 5.76. The summed E-state index contributed by atoms with van der Waals surface area (Å²) in [5, 5.41) is 20.5. The van der Waals surface area contributed by atoms with E-state index in [-0.39, 0.29) is 0 Å². The maximum atomic E-state index is 12.1. The fourth-order valence-electron chi connectivity index (χ4n) is 3.88. The Labute approximate surface area is 149 Å². The zero-order valence-corrected chi connectivity index (χ0v) is 14.6. The van der Waals surface area contributed by atoms with E-state index in [1.165, 1.54) is 0 Å². The van der Waals surface area contributed by atoms with Gasteiger partial charge in [-0.1, -0.05) is 30.3 Å². The van der Waals surface area contributed by atoms with Crippen LogP contribution in [0.15, 0.2) is 30.3 Å². The summed E-state index contributed by atoms with van der Waals surface area (Å²) in [6, 6.07) is 9.61. The maximum Gasteiger partial charge on any atom is 0.313 e. The highest BCUT2D eigenvalue weighted by Gasteiger charge is 2.49. The lowest BCUT2D eigenvalue weighted by molar-refractivity contribution is -0.163. The minimum absolute atomic E-state index is 0.360. The van der Waals surface area contributed by atoms with Crippen LogP contribution in [0.5, 0.6) is 0 Å². The van der Waals surface area contributed by atoms with Crippen LogP contribution in [-0.2, 0) is 16.0 Å². The summed E-state index contributed by atoms with van der Waals surface area (Å²) < 4.78 is 5.37. The van der Waals surface area contributed by atoms with Gasteiger partial charge < -0.3 is 19.8 Å². The molecule has 6 heteroatoms. The van der Waals surface area contributed by atoms with E-state index in [0.29, 0.717) is 19.4 Å². The van der Waals surface area contributed by atoms with E-state index in [1.54, 1.807) is 0 Å². The van der Waals surface area contributed by atoms with Crippen LogP contribution in [0, 0.1) is 5.41 Å². The smallest absolute Gasteiger partial charge is 0.313 e. The molecule has 0 aliphatic carbocycles. The van der Waals surface area contributed by atoms with Crippen molar-refractivity contribution < 1.29 is 19.7 Å². The average molecular weight is 348 g/mol. The lowest BCUT2D eigenvalue weighted by Gasteiger charge is -2.44. The van der Waals surface area contributed by atoms with Crippen LogP contribution in [0.1, 0.15) is 12.0 Å². The normalized spacial score (nSPS) is 28.8. The van der Waals surface area contributed by atoms with Gasteiger partial charge in [-0.2, -0.15) is 0 Å². The fourth-order valence-corrected chi connectivity index (χ4v) is 3.88. The van der Waals surface area contributed by atoms with Crippen LogP contribution in [0.4, 0.5) is 0 Å². The number of likely N-dealkylation sites (tertiary alicyclic amines) is 1. The third-order valence-corrected chi connectivity index (χ3v) is 5.49. The molecule has 1 aromatic carbocycles.